The zero-order chi connectivity index (χ0) is 9.90. The SMILES string of the molecule is COC(CS(=O)(=O)Cl)C1CCOC1. The van der Waals surface area contributed by atoms with E-state index in [1.165, 1.54) is 7.11 Å². The van der Waals surface area contributed by atoms with Crippen LogP contribution in [-0.4, -0.2) is 40.6 Å². The Balaban J connectivity index is 2.51. The van der Waals surface area contributed by atoms with Crippen LogP contribution in [0.3, 0.4) is 0 Å². The van der Waals surface area contributed by atoms with Crippen LogP contribution >= 0.6 is 10.7 Å². The maximum Gasteiger partial charge on any atom is 0.235 e. The summed E-state index contributed by atoms with van der Waals surface area (Å²) >= 11 is 0. The summed E-state index contributed by atoms with van der Waals surface area (Å²) in [6, 6.07) is 0. The largest absolute Gasteiger partial charge is 0.381 e. The van der Waals surface area contributed by atoms with E-state index in [0.29, 0.717) is 13.2 Å². The molecule has 2 atom stereocenters. The van der Waals surface area contributed by atoms with Gasteiger partial charge in [0.15, 0.2) is 0 Å². The van der Waals surface area contributed by atoms with Crippen LogP contribution in [0, 0.1) is 5.92 Å². The van der Waals surface area contributed by atoms with Crippen LogP contribution in [0.5, 0.6) is 0 Å². The standard InChI is InChI=1S/C7H13ClO4S/c1-11-7(5-13(8,9)10)6-2-3-12-4-6/h6-7H,2-5H2,1H3. The van der Waals surface area contributed by atoms with Gasteiger partial charge in [0, 0.05) is 30.3 Å². The third-order valence-corrected chi connectivity index (χ3v) is 3.26. The minimum atomic E-state index is -3.48. The molecule has 0 aromatic carbocycles. The van der Waals surface area contributed by atoms with Crippen molar-refractivity contribution >= 4 is 19.7 Å². The van der Waals surface area contributed by atoms with Crippen molar-refractivity contribution in [3.8, 4) is 0 Å². The number of hydrogen-bond acceptors (Lipinski definition) is 4. The molecule has 0 spiro atoms. The summed E-state index contributed by atoms with van der Waals surface area (Å²) in [6.45, 7) is 1.23. The van der Waals surface area contributed by atoms with Crippen LogP contribution in [0.2, 0.25) is 0 Å². The van der Waals surface area contributed by atoms with Gasteiger partial charge in [-0.1, -0.05) is 0 Å². The Kier molecular flexibility index (Phi) is 3.97. The van der Waals surface area contributed by atoms with Crippen LogP contribution in [0.1, 0.15) is 6.42 Å². The quantitative estimate of drug-likeness (QED) is 0.662. The van der Waals surface area contributed by atoms with E-state index in [4.69, 9.17) is 20.2 Å². The fourth-order valence-corrected chi connectivity index (χ4v) is 2.61. The van der Waals surface area contributed by atoms with Gasteiger partial charge in [0.05, 0.1) is 18.5 Å². The van der Waals surface area contributed by atoms with Gasteiger partial charge in [-0.25, -0.2) is 8.42 Å². The first kappa shape index (κ1) is 11.2. The van der Waals surface area contributed by atoms with Crippen LogP contribution in [0.4, 0.5) is 0 Å². The van der Waals surface area contributed by atoms with Gasteiger partial charge in [-0.05, 0) is 6.42 Å². The average Bonchev–Trinajstić information content (AvgIpc) is 2.50. The monoisotopic (exact) mass is 228 g/mol. The second kappa shape index (κ2) is 4.59. The predicted octanol–water partition coefficient (Wildman–Crippen LogP) is 0.607. The zero-order valence-electron chi connectivity index (χ0n) is 7.40. The lowest BCUT2D eigenvalue weighted by Gasteiger charge is -2.18. The van der Waals surface area contributed by atoms with Crippen LogP contribution in [-0.2, 0) is 18.5 Å². The summed E-state index contributed by atoms with van der Waals surface area (Å²) in [7, 11) is 3.15. The van der Waals surface area contributed by atoms with Crippen LogP contribution < -0.4 is 0 Å². The predicted molar refractivity (Wildman–Crippen MR) is 49.4 cm³/mol. The number of methoxy groups -OCH3 is 1. The van der Waals surface area contributed by atoms with Crippen molar-refractivity contribution in [2.75, 3.05) is 26.1 Å². The molecule has 2 unspecified atom stereocenters. The molecule has 0 aliphatic carbocycles. The van der Waals surface area contributed by atoms with Gasteiger partial charge >= 0.3 is 0 Å². The van der Waals surface area contributed by atoms with E-state index in [1.54, 1.807) is 0 Å². The smallest absolute Gasteiger partial charge is 0.235 e. The zero-order valence-corrected chi connectivity index (χ0v) is 8.97. The number of rotatable bonds is 4. The lowest BCUT2D eigenvalue weighted by molar-refractivity contribution is 0.0614. The first-order valence-corrected chi connectivity index (χ1v) is 6.53. The maximum absolute atomic E-state index is 10.8. The molecule has 4 nitrogen and oxygen atoms in total. The highest BCUT2D eigenvalue weighted by Gasteiger charge is 2.29. The Bertz CT molecular complexity index is 245. The van der Waals surface area contributed by atoms with E-state index in [-0.39, 0.29) is 17.8 Å². The fraction of sp³-hybridized carbons (Fsp3) is 1.00. The molecule has 13 heavy (non-hydrogen) atoms. The molecular formula is C7H13ClO4S. The van der Waals surface area contributed by atoms with Gasteiger partial charge in [0.1, 0.15) is 0 Å². The Morgan fingerprint density at radius 2 is 2.38 bits per heavy atom. The van der Waals surface area contributed by atoms with Crippen molar-refractivity contribution < 1.29 is 17.9 Å². The number of hydrogen-bond donors (Lipinski definition) is 0. The molecule has 1 fully saturated rings. The Hall–Kier alpha value is 0.160. The van der Waals surface area contributed by atoms with Gasteiger partial charge < -0.3 is 9.47 Å². The van der Waals surface area contributed by atoms with Gasteiger partial charge in [-0.15, -0.1) is 0 Å². The highest BCUT2D eigenvalue weighted by molar-refractivity contribution is 8.13. The lowest BCUT2D eigenvalue weighted by atomic mass is 10.0. The van der Waals surface area contributed by atoms with Crippen LogP contribution in [0.25, 0.3) is 0 Å². The molecule has 1 saturated heterocycles. The minimum absolute atomic E-state index is 0.140. The van der Waals surface area contributed by atoms with Gasteiger partial charge in [-0.2, -0.15) is 0 Å². The maximum atomic E-state index is 10.8. The summed E-state index contributed by atoms with van der Waals surface area (Å²) < 4.78 is 31.8. The second-order valence-corrected chi connectivity index (χ2v) is 5.92. The Morgan fingerprint density at radius 1 is 1.69 bits per heavy atom. The molecule has 0 saturated carbocycles. The first-order chi connectivity index (χ1) is 6.03. The van der Waals surface area contributed by atoms with Crippen molar-refractivity contribution in [1.82, 2.24) is 0 Å². The highest BCUT2D eigenvalue weighted by atomic mass is 35.7. The average molecular weight is 229 g/mol. The molecule has 6 heteroatoms. The van der Waals surface area contributed by atoms with E-state index in [9.17, 15) is 8.42 Å². The molecule has 0 radical (unpaired) electrons. The van der Waals surface area contributed by atoms with Crippen molar-refractivity contribution in [2.45, 2.75) is 12.5 Å². The molecule has 1 heterocycles. The fourth-order valence-electron chi connectivity index (χ4n) is 1.44. The molecule has 0 aromatic heterocycles. The summed E-state index contributed by atoms with van der Waals surface area (Å²) in [4.78, 5) is 0. The van der Waals surface area contributed by atoms with E-state index in [0.717, 1.165) is 6.42 Å². The number of halogens is 1. The Labute approximate surface area is 82.6 Å². The molecule has 78 valence electrons. The molecule has 1 aliphatic heterocycles. The van der Waals surface area contributed by atoms with Crippen molar-refractivity contribution in [2.24, 2.45) is 5.92 Å². The van der Waals surface area contributed by atoms with E-state index in [1.807, 2.05) is 0 Å². The van der Waals surface area contributed by atoms with Gasteiger partial charge in [0.2, 0.25) is 9.05 Å². The van der Waals surface area contributed by atoms with Gasteiger partial charge in [0.25, 0.3) is 0 Å². The summed E-state index contributed by atoms with van der Waals surface area (Å²) in [5.41, 5.74) is 0. The molecule has 1 aliphatic rings. The molecular weight excluding hydrogens is 216 g/mol. The normalized spacial score (nSPS) is 26.2. The van der Waals surface area contributed by atoms with Crippen molar-refractivity contribution in [1.29, 1.82) is 0 Å². The van der Waals surface area contributed by atoms with E-state index < -0.39 is 9.05 Å². The molecule has 0 bridgehead atoms. The molecule has 0 aromatic rings. The Morgan fingerprint density at radius 3 is 2.77 bits per heavy atom. The first-order valence-electron chi connectivity index (χ1n) is 4.06. The third-order valence-electron chi connectivity index (χ3n) is 2.16. The summed E-state index contributed by atoms with van der Waals surface area (Å²) in [6.07, 6.45) is 0.496. The van der Waals surface area contributed by atoms with Crippen LogP contribution in [0.15, 0.2) is 0 Å². The lowest BCUT2D eigenvalue weighted by Crippen LogP contribution is -2.29. The molecule has 0 amide bonds. The summed E-state index contributed by atoms with van der Waals surface area (Å²) in [5, 5.41) is 0. The molecule has 0 N–H and O–H groups in total. The highest BCUT2D eigenvalue weighted by Crippen LogP contribution is 2.20. The summed E-state index contributed by atoms with van der Waals surface area (Å²) in [5.74, 6) is 0.0116. The van der Waals surface area contributed by atoms with E-state index in [2.05, 4.69) is 0 Å². The van der Waals surface area contributed by atoms with Gasteiger partial charge in [-0.3, -0.25) is 0 Å². The third kappa shape index (κ3) is 3.81. The van der Waals surface area contributed by atoms with Crippen molar-refractivity contribution in [3.05, 3.63) is 0 Å². The topological polar surface area (TPSA) is 52.6 Å². The van der Waals surface area contributed by atoms with E-state index >= 15 is 0 Å². The molecule has 1 rings (SSSR count). The van der Waals surface area contributed by atoms with Crippen molar-refractivity contribution in [3.63, 3.8) is 0 Å². The second-order valence-electron chi connectivity index (χ2n) is 3.10. The number of ether oxygens (including phenoxy) is 2. The minimum Gasteiger partial charge on any atom is -0.381 e.